The first-order valence-corrected chi connectivity index (χ1v) is 15.8. The van der Waals surface area contributed by atoms with E-state index >= 15 is 0 Å². The number of carboxylic acid groups (broad SMARTS) is 1. The third-order valence-electron chi connectivity index (χ3n) is 8.08. The minimum atomic E-state index is -1.79. The summed E-state index contributed by atoms with van der Waals surface area (Å²) in [6.45, 7) is 4.29. The van der Waals surface area contributed by atoms with Gasteiger partial charge in [-0.25, -0.2) is 4.79 Å². The van der Waals surface area contributed by atoms with Crippen molar-refractivity contribution < 1.29 is 106 Å². The Kier molecular flexibility index (Phi) is 31.5. The maximum atomic E-state index is 10.6. The van der Waals surface area contributed by atoms with Crippen molar-refractivity contribution in [1.82, 2.24) is 5.32 Å². The Hall–Kier alpha value is -1.62. The van der Waals surface area contributed by atoms with E-state index < -0.39 is 123 Å². The molecule has 22 heteroatoms. The Balaban J connectivity index is -0.000000298. The molecule has 22 nitrogen and oxygen atoms in total. The van der Waals surface area contributed by atoms with Crippen molar-refractivity contribution in [2.75, 3.05) is 33.4 Å². The van der Waals surface area contributed by atoms with E-state index in [9.17, 15) is 40.2 Å². The van der Waals surface area contributed by atoms with Crippen molar-refractivity contribution in [3.8, 4) is 0 Å². The average molecular weight is 790 g/mol. The number of carboxylic acids is 1. The lowest BCUT2D eigenvalue weighted by Crippen LogP contribution is -2.57. The van der Waals surface area contributed by atoms with Crippen molar-refractivity contribution in [2.24, 2.45) is 5.92 Å². The van der Waals surface area contributed by atoms with Crippen LogP contribution in [0.4, 0.5) is 0 Å². The number of aliphatic hydroxyl groups is 16. The van der Waals surface area contributed by atoms with Crippen molar-refractivity contribution in [3.63, 3.8) is 0 Å². The summed E-state index contributed by atoms with van der Waals surface area (Å²) >= 11 is 0. The molecule has 2 aliphatic heterocycles. The molecule has 18 N–H and O–H groups in total. The third kappa shape index (κ3) is 18.7. The molecule has 0 radical (unpaired) electrons. The Morgan fingerprint density at radius 3 is 1.43 bits per heavy atom. The molecule has 0 aromatic rings. The van der Waals surface area contributed by atoms with E-state index in [0.717, 1.165) is 6.92 Å². The fourth-order valence-corrected chi connectivity index (χ4v) is 4.35. The van der Waals surface area contributed by atoms with Crippen LogP contribution in [0.25, 0.3) is 0 Å². The van der Waals surface area contributed by atoms with Crippen LogP contribution in [-0.2, 0) is 19.1 Å². The highest BCUT2D eigenvalue weighted by molar-refractivity contribution is 5.80. The number of carbonyl (C=O) groups excluding carboxylic acids is 1. The van der Waals surface area contributed by atoms with Gasteiger partial charge in [-0.05, 0) is 27.8 Å². The van der Waals surface area contributed by atoms with E-state index in [1.54, 1.807) is 27.8 Å². The van der Waals surface area contributed by atoms with Crippen molar-refractivity contribution in [2.45, 2.75) is 146 Å². The van der Waals surface area contributed by atoms with Gasteiger partial charge in [0.05, 0.1) is 44.2 Å². The summed E-state index contributed by atoms with van der Waals surface area (Å²) in [6, 6.07) is 0. The molecule has 0 amide bonds. The summed E-state index contributed by atoms with van der Waals surface area (Å²) in [5.74, 6) is -2.23. The molecule has 0 aromatic carbocycles. The van der Waals surface area contributed by atoms with E-state index in [-0.39, 0.29) is 40.0 Å². The predicted molar refractivity (Wildman–Crippen MR) is 183 cm³/mol. The number of Topliss-reactive ketones (excluding diaryl/α,β-unsaturated/α-hetero) is 1. The molecule has 0 aromatic heterocycles. The molecular formula is C31H67NO21. The van der Waals surface area contributed by atoms with Crippen molar-refractivity contribution in [1.29, 1.82) is 0 Å². The third-order valence-corrected chi connectivity index (χ3v) is 8.08. The first kappa shape index (κ1) is 58.1. The summed E-state index contributed by atoms with van der Waals surface area (Å²) in [5, 5.41) is 156. The van der Waals surface area contributed by atoms with E-state index in [1.165, 1.54) is 0 Å². The maximum absolute atomic E-state index is 10.6. The predicted octanol–water partition coefficient (Wildman–Crippen LogP) is -8.01. The number of carbonyl (C=O) groups is 2. The Morgan fingerprint density at radius 1 is 0.623 bits per heavy atom. The van der Waals surface area contributed by atoms with Crippen LogP contribution in [0.3, 0.4) is 0 Å². The molecule has 2 saturated heterocycles. The van der Waals surface area contributed by atoms with Crippen LogP contribution < -0.4 is 5.32 Å². The standard InChI is InChI=1S/C8H14O5.C7H17NO5.C7H14O6.C7H14O5.2CH4/c1-3-4(2)13-7(8(11)12)6(10)5(3)9;1-8-2-4(10)6(12)7(13)5(11)3-9;1-3(9)5(11)7(13)6(12)4(10)2-8;1-3-5(9)7(11)6(10)4(2-8)12-3;;/h3-7,9-10H,1-2H3,(H,11,12);4-13H,2-3H2,1H3;4-8,10-13H,2H2,1H3;3-11H,2H2,1H3;2*1H4/t3-,4-,5+,6-,7-;4-,5+,6+,7+;4-,5+,6-,7-;3-,4+,5-,6+,7+;;/m0010../s1. The molecule has 2 rings (SSSR count). The van der Waals surface area contributed by atoms with Gasteiger partial charge in [0.1, 0.15) is 73.2 Å². The number of hydrogen-bond donors (Lipinski definition) is 18. The first-order chi connectivity index (χ1) is 23.5. The second kappa shape index (κ2) is 28.7. The highest BCUT2D eigenvalue weighted by atomic mass is 16.6. The fourth-order valence-electron chi connectivity index (χ4n) is 4.35. The number of aliphatic hydroxyl groups excluding tert-OH is 16. The van der Waals surface area contributed by atoms with E-state index in [2.05, 4.69) is 5.32 Å². The molecule has 0 bridgehead atoms. The van der Waals surface area contributed by atoms with Crippen LogP contribution in [-0.4, -0.2) is 236 Å². The van der Waals surface area contributed by atoms with Gasteiger partial charge in [-0.1, -0.05) is 21.8 Å². The Labute approximate surface area is 308 Å². The monoisotopic (exact) mass is 789 g/mol. The Bertz CT molecular complexity index is 945. The van der Waals surface area contributed by atoms with Gasteiger partial charge in [-0.2, -0.15) is 0 Å². The second-order valence-electron chi connectivity index (χ2n) is 12.1. The number of ether oxygens (including phenoxy) is 2. The van der Waals surface area contributed by atoms with Crippen LogP contribution in [0.1, 0.15) is 42.5 Å². The quantitative estimate of drug-likeness (QED) is 0.0823. The van der Waals surface area contributed by atoms with Gasteiger partial charge in [-0.15, -0.1) is 0 Å². The zero-order valence-electron chi connectivity index (χ0n) is 29.0. The van der Waals surface area contributed by atoms with E-state index in [4.69, 9.17) is 65.6 Å². The molecule has 0 unspecified atom stereocenters. The molecule has 322 valence electrons. The summed E-state index contributed by atoms with van der Waals surface area (Å²) < 4.78 is 10.1. The van der Waals surface area contributed by atoms with Crippen LogP contribution in [0, 0.1) is 5.92 Å². The van der Waals surface area contributed by atoms with Crippen LogP contribution in [0.2, 0.25) is 0 Å². The molecule has 2 fully saturated rings. The minimum absolute atomic E-state index is 0. The smallest absolute Gasteiger partial charge is 0.335 e. The van der Waals surface area contributed by atoms with Gasteiger partial charge in [-0.3, -0.25) is 4.79 Å². The number of nitrogens with one attached hydrogen (secondary N) is 1. The second-order valence-corrected chi connectivity index (χ2v) is 12.1. The number of hydrogen-bond acceptors (Lipinski definition) is 21. The summed E-state index contributed by atoms with van der Waals surface area (Å²) in [4.78, 5) is 21.1. The zero-order valence-corrected chi connectivity index (χ0v) is 29.0. The molecular weight excluding hydrogens is 722 g/mol. The lowest BCUT2D eigenvalue weighted by atomic mass is 9.89. The molecule has 0 saturated carbocycles. The maximum Gasteiger partial charge on any atom is 0.335 e. The van der Waals surface area contributed by atoms with E-state index in [1.807, 2.05) is 0 Å². The highest BCUT2D eigenvalue weighted by Gasteiger charge is 2.44. The topological polar surface area (TPSA) is 409 Å². The minimum Gasteiger partial charge on any atom is -0.479 e. The van der Waals surface area contributed by atoms with Gasteiger partial charge in [0.2, 0.25) is 0 Å². The SMILES string of the molecule is C.C.CC(=O)[C@H](O)[C@@H](O)[C@H](O)[C@H](O)CO.CNC[C@H](O)[C@@H](O)[C@H](O)[C@H](O)CO.C[C@@H]1O[C@H](CO)[C@@H](O)[C@H](O)[C@H]1O.C[C@@H]1[C@@H](O)[C@H](O)[C@@H](C(=O)O)O[C@H]1C. The summed E-state index contributed by atoms with van der Waals surface area (Å²) in [5.41, 5.74) is 0. The summed E-state index contributed by atoms with van der Waals surface area (Å²) in [7, 11) is 1.57. The highest BCUT2D eigenvalue weighted by Crippen LogP contribution is 2.25. The van der Waals surface area contributed by atoms with Crippen LogP contribution in [0.5, 0.6) is 0 Å². The van der Waals surface area contributed by atoms with Crippen molar-refractivity contribution in [3.05, 3.63) is 0 Å². The van der Waals surface area contributed by atoms with Gasteiger partial charge in [0, 0.05) is 12.5 Å². The molecule has 0 spiro atoms. The van der Waals surface area contributed by atoms with Gasteiger partial charge in [0.15, 0.2) is 11.9 Å². The lowest BCUT2D eigenvalue weighted by molar-refractivity contribution is -0.224. The number of rotatable bonds is 13. The molecule has 2 aliphatic rings. The molecule has 53 heavy (non-hydrogen) atoms. The van der Waals surface area contributed by atoms with E-state index in [0.29, 0.717) is 0 Å². The normalized spacial score (nSPS) is 32.5. The van der Waals surface area contributed by atoms with Crippen LogP contribution in [0.15, 0.2) is 0 Å². The molecule has 18 atom stereocenters. The lowest BCUT2D eigenvalue weighted by Gasteiger charge is -2.38. The van der Waals surface area contributed by atoms with Crippen LogP contribution >= 0.6 is 0 Å². The molecule has 2 heterocycles. The Morgan fingerprint density at radius 2 is 1.06 bits per heavy atom. The van der Waals surface area contributed by atoms with Gasteiger partial charge < -0.3 is 102 Å². The number of likely N-dealkylation sites (N-methyl/N-ethyl adjacent to an activating group) is 1. The first-order valence-electron chi connectivity index (χ1n) is 15.8. The number of ketones is 1. The van der Waals surface area contributed by atoms with Crippen molar-refractivity contribution >= 4 is 11.8 Å². The van der Waals surface area contributed by atoms with Gasteiger partial charge in [0.25, 0.3) is 0 Å². The van der Waals surface area contributed by atoms with Gasteiger partial charge >= 0.3 is 5.97 Å². The molecule has 0 aliphatic carbocycles. The number of aliphatic carboxylic acids is 1. The zero-order chi connectivity index (χ0) is 40.5. The fraction of sp³-hybridized carbons (Fsp3) is 0.935. The largest absolute Gasteiger partial charge is 0.479 e. The average Bonchev–Trinajstić information content (AvgIpc) is 3.10. The summed E-state index contributed by atoms with van der Waals surface area (Å²) in [6.07, 6.45) is -21.5.